The van der Waals surface area contributed by atoms with Crippen LogP contribution < -0.4 is 9.46 Å². The molecule has 1 N–H and O–H groups in total. The molecule has 7 nitrogen and oxygen atoms in total. The van der Waals surface area contributed by atoms with Gasteiger partial charge in [0.05, 0.1) is 12.8 Å². The van der Waals surface area contributed by atoms with E-state index >= 15 is 0 Å². The van der Waals surface area contributed by atoms with Gasteiger partial charge in [0.25, 0.3) is 0 Å². The summed E-state index contributed by atoms with van der Waals surface area (Å²) in [4.78, 5) is 3.93. The van der Waals surface area contributed by atoms with Crippen molar-refractivity contribution in [3.63, 3.8) is 0 Å². The molecule has 2 aliphatic rings. The molecule has 2 aromatic rings. The number of sulfonamides is 1. The Morgan fingerprint density at radius 1 is 1.35 bits per heavy atom. The first-order valence-corrected chi connectivity index (χ1v) is 11.4. The van der Waals surface area contributed by atoms with Crippen molar-refractivity contribution in [2.45, 2.75) is 37.2 Å². The molecule has 4 heterocycles. The number of fused-ring (bicyclic) bond motifs is 1. The Morgan fingerprint density at radius 3 is 3.12 bits per heavy atom. The number of nitrogens with zero attached hydrogens (tertiary/aromatic N) is 3. The van der Waals surface area contributed by atoms with Crippen molar-refractivity contribution >= 4 is 21.4 Å². The van der Waals surface area contributed by atoms with E-state index in [4.69, 9.17) is 4.74 Å². The van der Waals surface area contributed by atoms with Gasteiger partial charge in [-0.25, -0.2) is 17.8 Å². The van der Waals surface area contributed by atoms with Crippen molar-refractivity contribution in [3.8, 4) is 5.88 Å². The Kier molecular flexibility index (Phi) is 5.30. The number of likely N-dealkylation sites (tertiary alicyclic amines) is 1. The van der Waals surface area contributed by atoms with Crippen LogP contribution >= 0.6 is 11.3 Å². The van der Waals surface area contributed by atoms with Crippen LogP contribution in [0.3, 0.4) is 0 Å². The molecule has 0 saturated carbocycles. The van der Waals surface area contributed by atoms with E-state index in [1.165, 1.54) is 11.1 Å². The van der Waals surface area contributed by atoms with Crippen LogP contribution in [0.2, 0.25) is 0 Å². The van der Waals surface area contributed by atoms with E-state index in [1.54, 1.807) is 16.0 Å². The molecule has 4 rings (SSSR count). The third kappa shape index (κ3) is 3.95. The maximum absolute atomic E-state index is 12.7. The predicted octanol–water partition coefficient (Wildman–Crippen LogP) is 1.92. The minimum absolute atomic E-state index is 0.156. The Labute approximate surface area is 158 Å². The van der Waals surface area contributed by atoms with Gasteiger partial charge in [0.1, 0.15) is 0 Å². The molecule has 1 unspecified atom stereocenters. The first kappa shape index (κ1) is 18.0. The lowest BCUT2D eigenvalue weighted by Gasteiger charge is -2.32. The monoisotopic (exact) mass is 396 g/mol. The standard InChI is InChI=1S/C17H24N4O3S2/c22-26(23,16-11-18-21-7-3-8-24-17(16)21)19-10-14-4-1-6-20(12-14)13-15-5-2-9-25-15/h2,5,9,11,14,19H,1,3-4,6-8,10,12-13H2. The Morgan fingerprint density at radius 2 is 2.27 bits per heavy atom. The van der Waals surface area contributed by atoms with Crippen molar-refractivity contribution in [1.82, 2.24) is 19.4 Å². The van der Waals surface area contributed by atoms with Crippen molar-refractivity contribution in [1.29, 1.82) is 0 Å². The van der Waals surface area contributed by atoms with Crippen molar-refractivity contribution < 1.29 is 13.2 Å². The molecule has 26 heavy (non-hydrogen) atoms. The zero-order valence-electron chi connectivity index (χ0n) is 14.6. The van der Waals surface area contributed by atoms with E-state index in [0.29, 0.717) is 31.5 Å². The van der Waals surface area contributed by atoms with Crippen LogP contribution in [0.1, 0.15) is 24.1 Å². The molecule has 9 heteroatoms. The lowest BCUT2D eigenvalue weighted by Crippen LogP contribution is -2.40. The largest absolute Gasteiger partial charge is 0.477 e. The topological polar surface area (TPSA) is 76.5 Å². The van der Waals surface area contributed by atoms with Crippen LogP contribution in [0.25, 0.3) is 0 Å². The van der Waals surface area contributed by atoms with Crippen molar-refractivity contribution in [3.05, 3.63) is 28.6 Å². The zero-order chi connectivity index (χ0) is 18.0. The number of hydrogen-bond acceptors (Lipinski definition) is 6. The lowest BCUT2D eigenvalue weighted by atomic mass is 9.98. The third-order valence-corrected chi connectivity index (χ3v) is 7.19. The molecule has 0 bridgehead atoms. The highest BCUT2D eigenvalue weighted by atomic mass is 32.2. The molecular formula is C17H24N4O3S2. The Balaban J connectivity index is 1.36. The number of nitrogens with one attached hydrogen (secondary N) is 1. The minimum atomic E-state index is -3.60. The van der Waals surface area contributed by atoms with E-state index in [2.05, 4.69) is 32.2 Å². The average Bonchev–Trinajstić information content (AvgIpc) is 3.30. The van der Waals surface area contributed by atoms with Crippen LogP contribution in [-0.2, 0) is 23.1 Å². The summed E-state index contributed by atoms with van der Waals surface area (Å²) in [6.45, 7) is 4.63. The summed E-state index contributed by atoms with van der Waals surface area (Å²) in [7, 11) is -3.60. The van der Waals surface area contributed by atoms with E-state index in [-0.39, 0.29) is 4.90 Å². The van der Waals surface area contributed by atoms with Gasteiger partial charge in [-0.1, -0.05) is 6.07 Å². The van der Waals surface area contributed by atoms with Crippen molar-refractivity contribution in [2.24, 2.45) is 5.92 Å². The van der Waals surface area contributed by atoms with Gasteiger partial charge in [0, 0.05) is 37.5 Å². The van der Waals surface area contributed by atoms with Gasteiger partial charge < -0.3 is 4.74 Å². The van der Waals surface area contributed by atoms with Gasteiger partial charge in [-0.05, 0) is 36.8 Å². The normalized spacial score (nSPS) is 21.3. The number of rotatable bonds is 6. The van der Waals surface area contributed by atoms with Gasteiger partial charge in [0.15, 0.2) is 4.90 Å². The second kappa shape index (κ2) is 7.67. The van der Waals surface area contributed by atoms with E-state index in [0.717, 1.165) is 38.9 Å². The molecule has 1 atom stereocenters. The predicted molar refractivity (Wildman–Crippen MR) is 99.8 cm³/mol. The van der Waals surface area contributed by atoms with Crippen LogP contribution in [0.15, 0.2) is 28.6 Å². The molecular weight excluding hydrogens is 372 g/mol. The molecule has 0 aromatic carbocycles. The van der Waals surface area contributed by atoms with Crippen molar-refractivity contribution in [2.75, 3.05) is 26.2 Å². The molecule has 0 aliphatic carbocycles. The van der Waals surface area contributed by atoms with E-state index < -0.39 is 10.0 Å². The molecule has 2 aliphatic heterocycles. The summed E-state index contributed by atoms with van der Waals surface area (Å²) in [5.41, 5.74) is 0. The fourth-order valence-corrected chi connectivity index (χ4v) is 5.56. The summed E-state index contributed by atoms with van der Waals surface area (Å²) in [6.07, 6.45) is 4.40. The molecule has 142 valence electrons. The Bertz CT molecular complexity index is 832. The van der Waals surface area contributed by atoms with Gasteiger partial charge in [-0.15, -0.1) is 11.3 Å². The number of thiophene rings is 1. The highest BCUT2D eigenvalue weighted by Gasteiger charge is 2.28. The lowest BCUT2D eigenvalue weighted by molar-refractivity contribution is 0.170. The van der Waals surface area contributed by atoms with Gasteiger partial charge in [-0.3, -0.25) is 4.90 Å². The fourth-order valence-electron chi connectivity index (χ4n) is 3.62. The average molecular weight is 397 g/mol. The minimum Gasteiger partial charge on any atom is -0.477 e. The number of aryl methyl sites for hydroxylation is 1. The zero-order valence-corrected chi connectivity index (χ0v) is 16.3. The summed E-state index contributed by atoms with van der Waals surface area (Å²) >= 11 is 1.77. The van der Waals surface area contributed by atoms with Crippen LogP contribution in [0.4, 0.5) is 0 Å². The quantitative estimate of drug-likeness (QED) is 0.807. The fraction of sp³-hybridized carbons (Fsp3) is 0.588. The molecule has 1 fully saturated rings. The molecule has 0 radical (unpaired) electrons. The first-order chi connectivity index (χ1) is 12.6. The van der Waals surface area contributed by atoms with Gasteiger partial charge in [0.2, 0.25) is 15.9 Å². The van der Waals surface area contributed by atoms with E-state index in [9.17, 15) is 8.42 Å². The molecule has 0 spiro atoms. The maximum Gasteiger partial charge on any atom is 0.247 e. The van der Waals surface area contributed by atoms with Gasteiger partial charge in [-0.2, -0.15) is 5.10 Å². The maximum atomic E-state index is 12.7. The third-order valence-electron chi connectivity index (χ3n) is 4.93. The SMILES string of the molecule is O=S(=O)(NCC1CCCN(Cc2cccs2)C1)c1cnn2c1OCCC2. The smallest absolute Gasteiger partial charge is 0.247 e. The van der Waals surface area contributed by atoms with Crippen LogP contribution in [0, 0.1) is 5.92 Å². The molecule has 1 saturated heterocycles. The Hall–Kier alpha value is -1.42. The highest BCUT2D eigenvalue weighted by molar-refractivity contribution is 7.89. The summed E-state index contributed by atoms with van der Waals surface area (Å²) in [6, 6.07) is 4.23. The number of piperidine rings is 1. The number of hydrogen-bond donors (Lipinski definition) is 1. The molecule has 2 aromatic heterocycles. The molecule has 0 amide bonds. The second-order valence-corrected chi connectivity index (χ2v) is 9.68. The van der Waals surface area contributed by atoms with Crippen LogP contribution in [0.5, 0.6) is 5.88 Å². The first-order valence-electron chi connectivity index (χ1n) is 9.05. The summed E-state index contributed by atoms with van der Waals surface area (Å²) < 4.78 is 35.3. The van der Waals surface area contributed by atoms with Crippen LogP contribution in [-0.4, -0.2) is 49.3 Å². The number of ether oxygens (including phenoxy) is 1. The highest BCUT2D eigenvalue weighted by Crippen LogP contribution is 2.27. The second-order valence-electron chi connectivity index (χ2n) is 6.91. The van der Waals surface area contributed by atoms with E-state index in [1.807, 2.05) is 0 Å². The summed E-state index contributed by atoms with van der Waals surface area (Å²) in [5, 5.41) is 6.23. The summed E-state index contributed by atoms with van der Waals surface area (Å²) in [5.74, 6) is 0.692. The van der Waals surface area contributed by atoms with Gasteiger partial charge >= 0.3 is 0 Å². The number of aromatic nitrogens is 2.